The van der Waals surface area contributed by atoms with Gasteiger partial charge in [0, 0.05) is 18.7 Å². The lowest BCUT2D eigenvalue weighted by molar-refractivity contribution is 0.102. The van der Waals surface area contributed by atoms with Gasteiger partial charge in [-0.2, -0.15) is 4.31 Å². The van der Waals surface area contributed by atoms with Crippen LogP contribution in [0.3, 0.4) is 0 Å². The van der Waals surface area contributed by atoms with Crippen molar-refractivity contribution in [3.8, 4) is 0 Å². The summed E-state index contributed by atoms with van der Waals surface area (Å²) < 4.78 is 27.6. The first kappa shape index (κ1) is 18.5. The SMILES string of the molecule is CCN(CC)S(=O)(=O)c1cccc(C(=O)Nc2nc3ccccc3s2)c1. The van der Waals surface area contributed by atoms with Crippen molar-refractivity contribution in [2.45, 2.75) is 18.7 Å². The van der Waals surface area contributed by atoms with Crippen molar-refractivity contribution in [1.82, 2.24) is 9.29 Å². The predicted molar refractivity (Wildman–Crippen MR) is 104 cm³/mol. The van der Waals surface area contributed by atoms with Crippen molar-refractivity contribution in [2.24, 2.45) is 0 Å². The second-order valence-electron chi connectivity index (χ2n) is 5.56. The molecule has 0 saturated carbocycles. The molecule has 3 aromatic rings. The van der Waals surface area contributed by atoms with Crippen LogP contribution in [0.4, 0.5) is 5.13 Å². The second-order valence-corrected chi connectivity index (χ2v) is 8.53. The summed E-state index contributed by atoms with van der Waals surface area (Å²) in [5, 5.41) is 3.22. The molecule has 0 bridgehead atoms. The number of amides is 1. The van der Waals surface area contributed by atoms with Crippen molar-refractivity contribution < 1.29 is 13.2 Å². The van der Waals surface area contributed by atoms with Gasteiger partial charge in [-0.3, -0.25) is 10.1 Å². The molecule has 0 fully saturated rings. The summed E-state index contributed by atoms with van der Waals surface area (Å²) in [6, 6.07) is 13.7. The number of para-hydroxylation sites is 1. The maximum absolute atomic E-state index is 12.6. The topological polar surface area (TPSA) is 79.4 Å². The van der Waals surface area contributed by atoms with E-state index in [0.29, 0.717) is 18.2 Å². The Hall–Kier alpha value is -2.29. The van der Waals surface area contributed by atoms with Crippen LogP contribution in [0.5, 0.6) is 0 Å². The molecule has 2 aromatic carbocycles. The number of hydrogen-bond donors (Lipinski definition) is 1. The van der Waals surface area contributed by atoms with Crippen LogP contribution in [0.25, 0.3) is 10.2 Å². The highest BCUT2D eigenvalue weighted by molar-refractivity contribution is 7.89. The van der Waals surface area contributed by atoms with E-state index in [-0.39, 0.29) is 16.4 Å². The smallest absolute Gasteiger partial charge is 0.257 e. The average molecular weight is 390 g/mol. The maximum Gasteiger partial charge on any atom is 0.257 e. The number of carbonyl (C=O) groups excluding carboxylic acids is 1. The third-order valence-electron chi connectivity index (χ3n) is 3.95. The monoisotopic (exact) mass is 389 g/mol. The van der Waals surface area contributed by atoms with Gasteiger partial charge in [-0.15, -0.1) is 0 Å². The molecule has 0 saturated heterocycles. The summed E-state index contributed by atoms with van der Waals surface area (Å²) in [5.41, 5.74) is 1.09. The van der Waals surface area contributed by atoms with Crippen LogP contribution in [-0.4, -0.2) is 36.7 Å². The fourth-order valence-electron chi connectivity index (χ4n) is 2.61. The zero-order valence-electron chi connectivity index (χ0n) is 14.5. The molecule has 1 amide bonds. The molecule has 1 aromatic heterocycles. The van der Waals surface area contributed by atoms with Gasteiger partial charge in [0.05, 0.1) is 15.1 Å². The van der Waals surface area contributed by atoms with E-state index < -0.39 is 10.0 Å². The fraction of sp³-hybridized carbons (Fsp3) is 0.222. The van der Waals surface area contributed by atoms with Crippen molar-refractivity contribution in [1.29, 1.82) is 0 Å². The molecular weight excluding hydrogens is 370 g/mol. The molecule has 3 rings (SSSR count). The first-order valence-corrected chi connectivity index (χ1v) is 10.5. The Kier molecular flexibility index (Phi) is 5.36. The standard InChI is InChI=1S/C18H19N3O3S2/c1-3-21(4-2)26(23,24)14-9-7-8-13(12-14)17(22)20-18-19-15-10-5-6-11-16(15)25-18/h5-12H,3-4H2,1-2H3,(H,19,20,22). The van der Waals surface area contributed by atoms with E-state index in [1.165, 1.54) is 27.8 Å². The Bertz CT molecular complexity index is 1010. The van der Waals surface area contributed by atoms with E-state index in [1.54, 1.807) is 26.0 Å². The van der Waals surface area contributed by atoms with Crippen molar-refractivity contribution in [2.75, 3.05) is 18.4 Å². The summed E-state index contributed by atoms with van der Waals surface area (Å²) in [7, 11) is -3.61. The zero-order valence-corrected chi connectivity index (χ0v) is 16.1. The molecular formula is C18H19N3O3S2. The van der Waals surface area contributed by atoms with Gasteiger partial charge >= 0.3 is 0 Å². The van der Waals surface area contributed by atoms with E-state index in [9.17, 15) is 13.2 Å². The number of fused-ring (bicyclic) bond motifs is 1. The average Bonchev–Trinajstić information content (AvgIpc) is 3.05. The van der Waals surface area contributed by atoms with Crippen LogP contribution in [0.1, 0.15) is 24.2 Å². The van der Waals surface area contributed by atoms with Crippen LogP contribution < -0.4 is 5.32 Å². The molecule has 0 aliphatic heterocycles. The number of nitrogens with zero attached hydrogens (tertiary/aromatic N) is 2. The van der Waals surface area contributed by atoms with E-state index in [1.807, 2.05) is 24.3 Å². The number of hydrogen-bond acceptors (Lipinski definition) is 5. The maximum atomic E-state index is 12.6. The van der Waals surface area contributed by atoms with Crippen LogP contribution in [0.15, 0.2) is 53.4 Å². The van der Waals surface area contributed by atoms with Crippen LogP contribution in [0, 0.1) is 0 Å². The Labute approximate surface area is 156 Å². The molecule has 26 heavy (non-hydrogen) atoms. The zero-order chi connectivity index (χ0) is 18.7. The highest BCUT2D eigenvalue weighted by atomic mass is 32.2. The van der Waals surface area contributed by atoms with E-state index in [0.717, 1.165) is 10.2 Å². The van der Waals surface area contributed by atoms with E-state index >= 15 is 0 Å². The number of sulfonamides is 1. The van der Waals surface area contributed by atoms with Gasteiger partial charge in [0.2, 0.25) is 10.0 Å². The lowest BCUT2D eigenvalue weighted by atomic mass is 10.2. The summed E-state index contributed by atoms with van der Waals surface area (Å²) in [6.07, 6.45) is 0. The van der Waals surface area contributed by atoms with Crippen molar-refractivity contribution in [3.05, 3.63) is 54.1 Å². The first-order valence-electron chi connectivity index (χ1n) is 8.23. The summed E-state index contributed by atoms with van der Waals surface area (Å²) >= 11 is 1.37. The molecule has 8 heteroatoms. The Morgan fingerprint density at radius 1 is 1.12 bits per heavy atom. The lowest BCUT2D eigenvalue weighted by Gasteiger charge is -2.18. The van der Waals surface area contributed by atoms with Gasteiger partial charge in [0.25, 0.3) is 5.91 Å². The second kappa shape index (κ2) is 7.53. The van der Waals surface area contributed by atoms with Crippen molar-refractivity contribution in [3.63, 3.8) is 0 Å². The van der Waals surface area contributed by atoms with Crippen molar-refractivity contribution >= 4 is 42.6 Å². The number of rotatable bonds is 6. The molecule has 1 heterocycles. The molecule has 6 nitrogen and oxygen atoms in total. The van der Waals surface area contributed by atoms with E-state index in [4.69, 9.17) is 0 Å². The van der Waals surface area contributed by atoms with Gasteiger partial charge in [0.15, 0.2) is 5.13 Å². The van der Waals surface area contributed by atoms with Crippen LogP contribution >= 0.6 is 11.3 Å². The number of carbonyl (C=O) groups is 1. The Morgan fingerprint density at radius 2 is 1.85 bits per heavy atom. The molecule has 0 radical (unpaired) electrons. The number of benzene rings is 2. The van der Waals surface area contributed by atoms with Gasteiger partial charge in [-0.25, -0.2) is 13.4 Å². The van der Waals surface area contributed by atoms with Gasteiger partial charge in [-0.1, -0.05) is 43.4 Å². The van der Waals surface area contributed by atoms with Gasteiger partial charge in [-0.05, 0) is 30.3 Å². The quantitative estimate of drug-likeness (QED) is 0.699. The molecule has 0 unspecified atom stereocenters. The molecule has 0 spiro atoms. The minimum absolute atomic E-state index is 0.109. The summed E-state index contributed by atoms with van der Waals surface area (Å²) in [5.74, 6) is -0.388. The van der Waals surface area contributed by atoms with Gasteiger partial charge in [0.1, 0.15) is 0 Å². The normalized spacial score (nSPS) is 11.8. The Morgan fingerprint density at radius 3 is 2.54 bits per heavy atom. The minimum Gasteiger partial charge on any atom is -0.298 e. The summed E-state index contributed by atoms with van der Waals surface area (Å²) in [6.45, 7) is 4.32. The highest BCUT2D eigenvalue weighted by Gasteiger charge is 2.22. The number of thiazole rings is 1. The fourth-order valence-corrected chi connectivity index (χ4v) is 4.97. The van der Waals surface area contributed by atoms with E-state index in [2.05, 4.69) is 10.3 Å². The van der Waals surface area contributed by atoms with Crippen LogP contribution in [-0.2, 0) is 10.0 Å². The number of nitrogens with one attached hydrogen (secondary N) is 1. The number of anilines is 1. The molecule has 1 N–H and O–H groups in total. The molecule has 0 atom stereocenters. The number of aromatic nitrogens is 1. The minimum atomic E-state index is -3.61. The molecule has 136 valence electrons. The molecule has 0 aliphatic rings. The third kappa shape index (κ3) is 3.62. The molecule has 0 aliphatic carbocycles. The largest absolute Gasteiger partial charge is 0.298 e. The Balaban J connectivity index is 1.86. The highest BCUT2D eigenvalue weighted by Crippen LogP contribution is 2.26. The van der Waals surface area contributed by atoms with Gasteiger partial charge < -0.3 is 0 Å². The third-order valence-corrected chi connectivity index (χ3v) is 6.95. The summed E-state index contributed by atoms with van der Waals surface area (Å²) in [4.78, 5) is 17.0. The predicted octanol–water partition coefficient (Wildman–Crippen LogP) is 3.58. The lowest BCUT2D eigenvalue weighted by Crippen LogP contribution is -2.30. The first-order chi connectivity index (χ1) is 12.5. The van der Waals surface area contributed by atoms with Crippen LogP contribution in [0.2, 0.25) is 0 Å².